The molecule has 0 aliphatic heterocycles. The van der Waals surface area contributed by atoms with Gasteiger partial charge in [0, 0.05) is 66.8 Å². The number of nitrogens with zero attached hydrogens (tertiary/aromatic N) is 5. The predicted octanol–water partition coefficient (Wildman–Crippen LogP) is 2.44. The molecule has 0 radical (unpaired) electrons. The summed E-state index contributed by atoms with van der Waals surface area (Å²) in [6, 6.07) is 4.21. The summed E-state index contributed by atoms with van der Waals surface area (Å²) >= 11 is 0. The van der Waals surface area contributed by atoms with Crippen molar-refractivity contribution in [3.05, 3.63) is 59.9 Å². The lowest BCUT2D eigenvalue weighted by Crippen LogP contribution is -2.25. The zero-order valence-corrected chi connectivity index (χ0v) is 13.7. The van der Waals surface area contributed by atoms with Gasteiger partial charge in [0.1, 0.15) is 0 Å². The molecule has 1 N–H and O–H groups in total. The van der Waals surface area contributed by atoms with Crippen LogP contribution in [0.2, 0.25) is 0 Å². The Kier molecular flexibility index (Phi) is 4.04. The molecule has 3 aromatic rings. The second-order valence-electron chi connectivity index (χ2n) is 6.19. The van der Waals surface area contributed by atoms with Gasteiger partial charge in [-0.2, -0.15) is 5.10 Å². The van der Waals surface area contributed by atoms with Gasteiger partial charge in [0.15, 0.2) is 5.82 Å². The van der Waals surface area contributed by atoms with Crippen molar-refractivity contribution in [1.82, 2.24) is 30.0 Å². The van der Waals surface area contributed by atoms with Crippen LogP contribution in [0.25, 0.3) is 11.4 Å². The van der Waals surface area contributed by atoms with Gasteiger partial charge in [-0.3, -0.25) is 9.67 Å². The summed E-state index contributed by atoms with van der Waals surface area (Å²) in [5.41, 5.74) is 4.53. The van der Waals surface area contributed by atoms with E-state index in [4.69, 9.17) is 4.98 Å². The van der Waals surface area contributed by atoms with E-state index >= 15 is 0 Å². The molecular weight excluding hydrogens is 300 g/mol. The van der Waals surface area contributed by atoms with Crippen molar-refractivity contribution >= 4 is 0 Å². The third-order valence-electron chi connectivity index (χ3n) is 4.41. The molecule has 3 heterocycles. The van der Waals surface area contributed by atoms with Crippen LogP contribution in [0.1, 0.15) is 35.7 Å². The predicted molar refractivity (Wildman–Crippen MR) is 91.0 cm³/mol. The van der Waals surface area contributed by atoms with Crippen LogP contribution < -0.4 is 5.32 Å². The van der Waals surface area contributed by atoms with E-state index in [1.807, 2.05) is 48.6 Å². The Morgan fingerprint density at radius 2 is 2.25 bits per heavy atom. The van der Waals surface area contributed by atoms with E-state index in [1.54, 1.807) is 6.20 Å². The van der Waals surface area contributed by atoms with Gasteiger partial charge in [0.25, 0.3) is 0 Å². The smallest absolute Gasteiger partial charge is 0.160 e. The van der Waals surface area contributed by atoms with E-state index < -0.39 is 0 Å². The highest BCUT2D eigenvalue weighted by Crippen LogP contribution is 2.29. The molecule has 6 nitrogen and oxygen atoms in total. The number of aromatic nitrogens is 5. The SMILES string of the molecule is Cn1cc(CN[C@H]2CCCc3nc(-c4cccnc4)ncc32)cn1. The summed E-state index contributed by atoms with van der Waals surface area (Å²) in [6.07, 6.45) is 12.8. The first-order chi connectivity index (χ1) is 11.8. The van der Waals surface area contributed by atoms with Crippen molar-refractivity contribution in [3.8, 4) is 11.4 Å². The van der Waals surface area contributed by atoms with Crippen LogP contribution in [-0.2, 0) is 20.0 Å². The molecule has 0 aromatic carbocycles. The molecule has 3 aromatic heterocycles. The number of pyridine rings is 1. The van der Waals surface area contributed by atoms with Gasteiger partial charge in [-0.05, 0) is 31.4 Å². The largest absolute Gasteiger partial charge is 0.306 e. The lowest BCUT2D eigenvalue weighted by molar-refractivity contribution is 0.452. The first kappa shape index (κ1) is 15.0. The minimum Gasteiger partial charge on any atom is -0.306 e. The van der Waals surface area contributed by atoms with Crippen LogP contribution in [0.5, 0.6) is 0 Å². The molecule has 4 rings (SSSR count). The van der Waals surface area contributed by atoms with Crippen molar-refractivity contribution < 1.29 is 0 Å². The number of fused-ring (bicyclic) bond motifs is 1. The molecule has 0 fully saturated rings. The Bertz CT molecular complexity index is 827. The van der Waals surface area contributed by atoms with Crippen LogP contribution in [0.4, 0.5) is 0 Å². The molecule has 122 valence electrons. The Labute approximate surface area is 141 Å². The van der Waals surface area contributed by atoms with Crippen LogP contribution >= 0.6 is 0 Å². The second kappa shape index (κ2) is 6.49. The topological polar surface area (TPSA) is 68.5 Å². The van der Waals surface area contributed by atoms with Crippen molar-refractivity contribution in [3.63, 3.8) is 0 Å². The number of hydrogen-bond donors (Lipinski definition) is 1. The van der Waals surface area contributed by atoms with Crippen molar-refractivity contribution in [2.24, 2.45) is 7.05 Å². The highest BCUT2D eigenvalue weighted by Gasteiger charge is 2.22. The summed E-state index contributed by atoms with van der Waals surface area (Å²) < 4.78 is 1.83. The maximum atomic E-state index is 4.79. The van der Waals surface area contributed by atoms with Gasteiger partial charge in [0.2, 0.25) is 0 Å². The van der Waals surface area contributed by atoms with Crippen molar-refractivity contribution in [2.75, 3.05) is 0 Å². The van der Waals surface area contributed by atoms with Crippen LogP contribution in [0.15, 0.2) is 43.1 Å². The summed E-state index contributed by atoms with van der Waals surface area (Å²) in [6.45, 7) is 0.808. The molecule has 1 aliphatic rings. The zero-order valence-electron chi connectivity index (χ0n) is 13.7. The van der Waals surface area contributed by atoms with Gasteiger partial charge in [-0.1, -0.05) is 0 Å². The maximum absolute atomic E-state index is 4.79. The van der Waals surface area contributed by atoms with E-state index in [-0.39, 0.29) is 0 Å². The summed E-state index contributed by atoms with van der Waals surface area (Å²) in [7, 11) is 1.94. The molecular formula is C18H20N6. The third kappa shape index (κ3) is 3.05. The van der Waals surface area contributed by atoms with Gasteiger partial charge in [-0.15, -0.1) is 0 Å². The summed E-state index contributed by atoms with van der Waals surface area (Å²) in [4.78, 5) is 13.5. The molecule has 1 aliphatic carbocycles. The zero-order chi connectivity index (χ0) is 16.4. The molecule has 1 atom stereocenters. The highest BCUT2D eigenvalue weighted by molar-refractivity contribution is 5.53. The van der Waals surface area contributed by atoms with Crippen LogP contribution in [0, 0.1) is 0 Å². The van der Waals surface area contributed by atoms with E-state index in [1.165, 1.54) is 11.1 Å². The minimum atomic E-state index is 0.303. The summed E-state index contributed by atoms with van der Waals surface area (Å²) in [5, 5.41) is 7.84. The van der Waals surface area contributed by atoms with Crippen LogP contribution in [0.3, 0.4) is 0 Å². The van der Waals surface area contributed by atoms with Gasteiger partial charge in [-0.25, -0.2) is 9.97 Å². The first-order valence-electron chi connectivity index (χ1n) is 8.27. The van der Waals surface area contributed by atoms with E-state index in [9.17, 15) is 0 Å². The lowest BCUT2D eigenvalue weighted by atomic mass is 9.92. The van der Waals surface area contributed by atoms with E-state index in [0.29, 0.717) is 6.04 Å². The van der Waals surface area contributed by atoms with E-state index in [2.05, 4.69) is 20.4 Å². The normalized spacial score (nSPS) is 16.8. The third-order valence-corrected chi connectivity index (χ3v) is 4.41. The number of aryl methyl sites for hydroxylation is 2. The average Bonchev–Trinajstić information content (AvgIpc) is 3.05. The Morgan fingerprint density at radius 3 is 3.04 bits per heavy atom. The fourth-order valence-electron chi connectivity index (χ4n) is 3.20. The fourth-order valence-corrected chi connectivity index (χ4v) is 3.20. The standard InChI is InChI=1S/C18H20N6/c1-24-12-13(9-22-24)8-20-16-5-2-6-17-15(16)11-21-18(23-17)14-4-3-7-19-10-14/h3-4,7,9-12,16,20H,2,5-6,8H2,1H3/t16-/m0/s1. The molecule has 0 spiro atoms. The average molecular weight is 320 g/mol. The Balaban J connectivity index is 1.54. The fraction of sp³-hybridized carbons (Fsp3) is 0.333. The number of hydrogen-bond acceptors (Lipinski definition) is 5. The molecule has 0 amide bonds. The molecule has 0 unspecified atom stereocenters. The maximum Gasteiger partial charge on any atom is 0.160 e. The van der Waals surface area contributed by atoms with Gasteiger partial charge >= 0.3 is 0 Å². The Morgan fingerprint density at radius 1 is 1.29 bits per heavy atom. The van der Waals surface area contributed by atoms with Crippen molar-refractivity contribution in [1.29, 1.82) is 0 Å². The molecule has 0 bridgehead atoms. The lowest BCUT2D eigenvalue weighted by Gasteiger charge is -2.25. The monoisotopic (exact) mass is 320 g/mol. The molecule has 6 heteroatoms. The van der Waals surface area contributed by atoms with Crippen LogP contribution in [-0.4, -0.2) is 24.7 Å². The van der Waals surface area contributed by atoms with Gasteiger partial charge < -0.3 is 5.32 Å². The number of nitrogens with one attached hydrogen (secondary N) is 1. The minimum absolute atomic E-state index is 0.303. The second-order valence-corrected chi connectivity index (χ2v) is 6.19. The molecule has 0 saturated carbocycles. The molecule has 0 saturated heterocycles. The Hall–Kier alpha value is -2.60. The van der Waals surface area contributed by atoms with E-state index in [0.717, 1.165) is 42.9 Å². The van der Waals surface area contributed by atoms with Crippen molar-refractivity contribution in [2.45, 2.75) is 31.8 Å². The molecule has 24 heavy (non-hydrogen) atoms. The van der Waals surface area contributed by atoms with Gasteiger partial charge in [0.05, 0.1) is 6.20 Å². The summed E-state index contributed by atoms with van der Waals surface area (Å²) in [5.74, 6) is 0.759. The highest BCUT2D eigenvalue weighted by atomic mass is 15.2. The number of rotatable bonds is 4. The quantitative estimate of drug-likeness (QED) is 0.799. The first-order valence-corrected chi connectivity index (χ1v) is 8.27.